The summed E-state index contributed by atoms with van der Waals surface area (Å²) >= 11 is 0. The number of aliphatic carboxylic acids is 1. The van der Waals surface area contributed by atoms with Gasteiger partial charge in [0.05, 0.1) is 6.61 Å². The highest BCUT2D eigenvalue weighted by molar-refractivity contribution is 5.83. The number of carboxylic acid groups (broad SMARTS) is 1. The molecule has 148 valence electrons. The Bertz CT molecular complexity index is 455. The quantitative estimate of drug-likeness (QED) is 0.283. The molecule has 0 spiro atoms. The summed E-state index contributed by atoms with van der Waals surface area (Å²) in [4.78, 5) is 22.2. The first-order chi connectivity index (χ1) is 12.6. The minimum Gasteiger partial charge on any atom is -0.480 e. The summed E-state index contributed by atoms with van der Waals surface area (Å²) in [5, 5.41) is 19.9. The number of nitrogens with one attached hydrogen (secondary N) is 1. The molecule has 3 N–H and O–H groups in total. The molecule has 0 unspecified atom stereocenters. The van der Waals surface area contributed by atoms with Crippen LogP contribution >= 0.6 is 0 Å². The Morgan fingerprint density at radius 1 is 0.885 bits per heavy atom. The monoisotopic (exact) mass is 365 g/mol. The first-order valence-corrected chi connectivity index (χ1v) is 9.69. The van der Waals surface area contributed by atoms with Crippen molar-refractivity contribution in [2.24, 2.45) is 0 Å². The van der Waals surface area contributed by atoms with Crippen molar-refractivity contribution in [3.05, 3.63) is 36.5 Å². The smallest absolute Gasteiger partial charge is 0.328 e. The Labute approximate surface area is 157 Å². The molecule has 0 aliphatic heterocycles. The lowest BCUT2D eigenvalue weighted by Gasteiger charge is -2.11. The highest BCUT2D eigenvalue weighted by Gasteiger charge is 2.17. The molecule has 0 bridgehead atoms. The normalized spacial score (nSPS) is 13.0. The number of carbonyl (C=O) groups excluding carboxylic acids is 1. The molecule has 0 aromatic heterocycles. The summed E-state index contributed by atoms with van der Waals surface area (Å²) in [6.07, 6.45) is 22.7. The minimum absolute atomic E-state index is 0.309. The van der Waals surface area contributed by atoms with Crippen LogP contribution in [0.15, 0.2) is 36.5 Å². The van der Waals surface area contributed by atoms with Gasteiger partial charge in [0, 0.05) is 6.42 Å². The molecule has 0 saturated heterocycles. The molecule has 0 rings (SSSR count). The predicted molar refractivity (Wildman–Crippen MR) is 106 cm³/mol. The number of hydrogen-bond acceptors (Lipinski definition) is 3. The van der Waals surface area contributed by atoms with E-state index >= 15 is 0 Å². The number of hydrogen-bond donors (Lipinski definition) is 3. The maximum absolute atomic E-state index is 11.5. The summed E-state index contributed by atoms with van der Waals surface area (Å²) in [5.41, 5.74) is 0. The van der Waals surface area contributed by atoms with Crippen molar-refractivity contribution < 1.29 is 19.8 Å². The van der Waals surface area contributed by atoms with Crippen molar-refractivity contribution in [1.29, 1.82) is 0 Å². The zero-order valence-corrected chi connectivity index (χ0v) is 16.0. The zero-order valence-electron chi connectivity index (χ0n) is 16.0. The van der Waals surface area contributed by atoms with Crippen molar-refractivity contribution in [2.45, 2.75) is 77.2 Å². The highest BCUT2D eigenvalue weighted by atomic mass is 16.4. The van der Waals surface area contributed by atoms with E-state index in [2.05, 4.69) is 48.7 Å². The van der Waals surface area contributed by atoms with Gasteiger partial charge >= 0.3 is 5.97 Å². The maximum atomic E-state index is 11.5. The fourth-order valence-electron chi connectivity index (χ4n) is 2.36. The molecular weight excluding hydrogens is 330 g/mol. The molecule has 0 saturated carbocycles. The van der Waals surface area contributed by atoms with E-state index in [1.165, 1.54) is 0 Å². The molecule has 1 atom stereocenters. The number of carbonyl (C=O) groups is 2. The third kappa shape index (κ3) is 15.6. The van der Waals surface area contributed by atoms with Crippen molar-refractivity contribution in [3.8, 4) is 0 Å². The predicted octanol–water partition coefficient (Wildman–Crippen LogP) is 4.14. The Kier molecular flexibility index (Phi) is 16.6. The SMILES string of the molecule is CC/C=C\C/C=C\C/C=C\CCCCCCCC(=O)N[C@@H](CO)C(=O)O. The number of aliphatic hydroxyl groups is 1. The van der Waals surface area contributed by atoms with Crippen LogP contribution in [0, 0.1) is 0 Å². The van der Waals surface area contributed by atoms with Crippen LogP contribution in [-0.2, 0) is 9.59 Å². The lowest BCUT2D eigenvalue weighted by Crippen LogP contribution is -2.43. The van der Waals surface area contributed by atoms with Crippen molar-refractivity contribution in [1.82, 2.24) is 5.32 Å². The molecule has 0 aliphatic carbocycles. The molecule has 0 aromatic rings. The van der Waals surface area contributed by atoms with Gasteiger partial charge in [0.15, 0.2) is 0 Å². The molecule has 26 heavy (non-hydrogen) atoms. The summed E-state index contributed by atoms with van der Waals surface area (Å²) in [5.74, 6) is -1.52. The van der Waals surface area contributed by atoms with Crippen LogP contribution in [0.3, 0.4) is 0 Å². The molecule has 0 aromatic carbocycles. The number of rotatable bonds is 16. The second kappa shape index (κ2) is 17.9. The van der Waals surface area contributed by atoms with Crippen LogP contribution in [-0.4, -0.2) is 34.7 Å². The number of allylic oxidation sites excluding steroid dienone is 6. The molecule has 1 amide bonds. The van der Waals surface area contributed by atoms with E-state index < -0.39 is 18.6 Å². The van der Waals surface area contributed by atoms with Crippen molar-refractivity contribution >= 4 is 11.9 Å². The average molecular weight is 366 g/mol. The van der Waals surface area contributed by atoms with Crippen LogP contribution in [0.5, 0.6) is 0 Å². The number of carboxylic acids is 1. The Balaban J connectivity index is 3.48. The summed E-state index contributed by atoms with van der Waals surface area (Å²) < 4.78 is 0. The van der Waals surface area contributed by atoms with Gasteiger partial charge in [0.1, 0.15) is 6.04 Å². The van der Waals surface area contributed by atoms with E-state index in [0.29, 0.717) is 6.42 Å². The summed E-state index contributed by atoms with van der Waals surface area (Å²) in [6.45, 7) is 1.55. The second-order valence-electron chi connectivity index (χ2n) is 6.24. The summed E-state index contributed by atoms with van der Waals surface area (Å²) in [6, 6.07) is -1.20. The standard InChI is InChI=1S/C21H35NO4/c1-2-3-4-5-6-7-8-9-10-11-12-13-14-15-16-17-20(24)22-19(18-23)21(25)26/h3-4,6-7,9-10,19,23H,2,5,8,11-18H2,1H3,(H,22,24)(H,25,26)/b4-3-,7-6-,10-9-/t19-/m0/s1. The topological polar surface area (TPSA) is 86.6 Å². The van der Waals surface area contributed by atoms with Gasteiger partial charge in [-0.1, -0.05) is 62.6 Å². The molecule has 5 nitrogen and oxygen atoms in total. The van der Waals surface area contributed by atoms with Gasteiger partial charge in [-0.2, -0.15) is 0 Å². The largest absolute Gasteiger partial charge is 0.480 e. The van der Waals surface area contributed by atoms with E-state index in [1.807, 2.05) is 0 Å². The van der Waals surface area contributed by atoms with Crippen LogP contribution in [0.4, 0.5) is 0 Å². The van der Waals surface area contributed by atoms with E-state index in [-0.39, 0.29) is 5.91 Å². The second-order valence-corrected chi connectivity index (χ2v) is 6.24. The Morgan fingerprint density at radius 3 is 2.08 bits per heavy atom. The lowest BCUT2D eigenvalue weighted by molar-refractivity contribution is -0.142. The van der Waals surface area contributed by atoms with E-state index in [0.717, 1.165) is 57.8 Å². The number of amides is 1. The maximum Gasteiger partial charge on any atom is 0.328 e. The highest BCUT2D eigenvalue weighted by Crippen LogP contribution is 2.08. The van der Waals surface area contributed by atoms with Gasteiger partial charge in [0.2, 0.25) is 5.91 Å². The molecular formula is C21H35NO4. The average Bonchev–Trinajstić information content (AvgIpc) is 2.62. The van der Waals surface area contributed by atoms with Crippen LogP contribution in [0.2, 0.25) is 0 Å². The first kappa shape index (κ1) is 24.1. The van der Waals surface area contributed by atoms with Gasteiger partial charge in [-0.25, -0.2) is 4.79 Å². The van der Waals surface area contributed by atoms with Gasteiger partial charge in [-0.05, 0) is 38.5 Å². The minimum atomic E-state index is -1.21. The summed E-state index contributed by atoms with van der Waals surface area (Å²) in [7, 11) is 0. The number of aliphatic hydroxyl groups excluding tert-OH is 1. The van der Waals surface area contributed by atoms with Crippen LogP contribution < -0.4 is 5.32 Å². The van der Waals surface area contributed by atoms with Gasteiger partial charge in [-0.3, -0.25) is 4.79 Å². The van der Waals surface area contributed by atoms with Crippen molar-refractivity contribution in [2.75, 3.05) is 6.61 Å². The molecule has 0 aliphatic rings. The van der Waals surface area contributed by atoms with Crippen LogP contribution in [0.25, 0.3) is 0 Å². The van der Waals surface area contributed by atoms with E-state index in [1.54, 1.807) is 0 Å². The fourth-order valence-corrected chi connectivity index (χ4v) is 2.36. The van der Waals surface area contributed by atoms with Gasteiger partial charge in [0.25, 0.3) is 0 Å². The third-order valence-corrected chi connectivity index (χ3v) is 3.87. The van der Waals surface area contributed by atoms with Crippen molar-refractivity contribution in [3.63, 3.8) is 0 Å². The lowest BCUT2D eigenvalue weighted by atomic mass is 10.1. The third-order valence-electron chi connectivity index (χ3n) is 3.87. The Morgan fingerprint density at radius 2 is 1.46 bits per heavy atom. The van der Waals surface area contributed by atoms with Crippen LogP contribution in [0.1, 0.15) is 71.1 Å². The van der Waals surface area contributed by atoms with E-state index in [4.69, 9.17) is 10.2 Å². The first-order valence-electron chi connectivity index (χ1n) is 9.69. The number of unbranched alkanes of at least 4 members (excludes halogenated alkanes) is 5. The Hall–Kier alpha value is -1.88. The molecule has 0 heterocycles. The molecule has 0 radical (unpaired) electrons. The fraction of sp³-hybridized carbons (Fsp3) is 0.619. The van der Waals surface area contributed by atoms with Gasteiger partial charge in [-0.15, -0.1) is 0 Å². The van der Waals surface area contributed by atoms with Gasteiger partial charge < -0.3 is 15.5 Å². The zero-order chi connectivity index (χ0) is 19.5. The molecule has 5 heteroatoms. The van der Waals surface area contributed by atoms with E-state index in [9.17, 15) is 9.59 Å². The molecule has 0 fully saturated rings.